The molecule has 0 atom stereocenters. The molecule has 3 nitrogen and oxygen atoms in total. The molecule has 1 aromatic rings. The van der Waals surface area contributed by atoms with E-state index in [0.717, 1.165) is 16.6 Å². The zero-order chi connectivity index (χ0) is 11.5. The molecule has 1 aromatic heterocycles. The van der Waals surface area contributed by atoms with Crippen molar-refractivity contribution in [2.45, 2.75) is 38.5 Å². The Kier molecular flexibility index (Phi) is 4.28. The number of thioether (sulfide) groups is 1. The van der Waals surface area contributed by atoms with E-state index in [4.69, 9.17) is 0 Å². The van der Waals surface area contributed by atoms with Gasteiger partial charge in [-0.2, -0.15) is 4.37 Å². The third-order valence-corrected chi connectivity index (χ3v) is 3.80. The van der Waals surface area contributed by atoms with Gasteiger partial charge in [-0.05, 0) is 11.5 Å². The number of rotatable bonds is 4. The number of hydrogen-bond donors (Lipinski definition) is 0. The predicted octanol–water partition coefficient (Wildman–Crippen LogP) is 2.81. The van der Waals surface area contributed by atoms with Crippen molar-refractivity contribution in [1.29, 1.82) is 0 Å². The van der Waals surface area contributed by atoms with Gasteiger partial charge in [0.05, 0.1) is 5.75 Å². The molecule has 0 aliphatic carbocycles. The molecule has 0 aliphatic rings. The Morgan fingerprint density at radius 1 is 1.47 bits per heavy atom. The number of Topliss-reactive ketones (excluding diaryl/α,β-unsaturated/α-hetero) is 1. The molecule has 0 spiro atoms. The number of carbonyl (C=O) groups excluding carboxylic acids is 1. The van der Waals surface area contributed by atoms with Crippen LogP contribution in [0.3, 0.4) is 0 Å². The lowest BCUT2D eigenvalue weighted by Crippen LogP contribution is -2.21. The fraction of sp³-hybridized carbons (Fsp3) is 0.700. The third kappa shape index (κ3) is 3.91. The van der Waals surface area contributed by atoms with Crippen LogP contribution < -0.4 is 0 Å². The SMILES string of the molecule is CCc1nsc(SCC(=O)C(C)(C)C)n1. The van der Waals surface area contributed by atoms with Gasteiger partial charge >= 0.3 is 0 Å². The molecular weight excluding hydrogens is 228 g/mol. The molecule has 0 radical (unpaired) electrons. The van der Waals surface area contributed by atoms with E-state index in [9.17, 15) is 4.79 Å². The average molecular weight is 244 g/mol. The monoisotopic (exact) mass is 244 g/mol. The molecule has 1 heterocycles. The van der Waals surface area contributed by atoms with Crippen LogP contribution in [0.4, 0.5) is 0 Å². The van der Waals surface area contributed by atoms with Crippen LogP contribution in [-0.2, 0) is 11.2 Å². The Bertz CT molecular complexity index is 341. The van der Waals surface area contributed by atoms with E-state index >= 15 is 0 Å². The summed E-state index contributed by atoms with van der Waals surface area (Å²) in [5.74, 6) is 1.61. The van der Waals surface area contributed by atoms with E-state index in [1.54, 1.807) is 0 Å². The first-order valence-electron chi connectivity index (χ1n) is 4.92. The molecule has 0 fully saturated rings. The van der Waals surface area contributed by atoms with Crippen LogP contribution in [0.15, 0.2) is 4.34 Å². The van der Waals surface area contributed by atoms with Gasteiger partial charge in [0.25, 0.3) is 0 Å². The second-order valence-electron chi connectivity index (χ2n) is 4.29. The number of hydrogen-bond acceptors (Lipinski definition) is 5. The van der Waals surface area contributed by atoms with Crippen molar-refractivity contribution in [2.24, 2.45) is 5.41 Å². The number of aryl methyl sites for hydroxylation is 1. The first-order valence-corrected chi connectivity index (χ1v) is 6.68. The van der Waals surface area contributed by atoms with Crippen LogP contribution in [0.1, 0.15) is 33.5 Å². The maximum atomic E-state index is 11.6. The number of carbonyl (C=O) groups is 1. The normalized spacial score (nSPS) is 11.7. The summed E-state index contributed by atoms with van der Waals surface area (Å²) in [6.07, 6.45) is 0.851. The topological polar surface area (TPSA) is 42.9 Å². The Hall–Kier alpha value is -0.420. The van der Waals surface area contributed by atoms with Crippen LogP contribution >= 0.6 is 23.3 Å². The minimum atomic E-state index is -0.259. The maximum absolute atomic E-state index is 11.6. The molecule has 5 heteroatoms. The van der Waals surface area contributed by atoms with Gasteiger partial charge in [-0.15, -0.1) is 0 Å². The van der Waals surface area contributed by atoms with Crippen molar-refractivity contribution < 1.29 is 4.79 Å². The predicted molar refractivity (Wildman–Crippen MR) is 64.5 cm³/mol. The summed E-state index contributed by atoms with van der Waals surface area (Å²) in [5, 5.41) is 0. The van der Waals surface area contributed by atoms with E-state index < -0.39 is 0 Å². The molecule has 0 bridgehead atoms. The van der Waals surface area contributed by atoms with Crippen molar-refractivity contribution in [2.75, 3.05) is 5.75 Å². The lowest BCUT2D eigenvalue weighted by Gasteiger charge is -2.15. The first-order chi connectivity index (χ1) is 6.93. The van der Waals surface area contributed by atoms with Crippen molar-refractivity contribution in [3.05, 3.63) is 5.82 Å². The summed E-state index contributed by atoms with van der Waals surface area (Å²) in [7, 11) is 0. The van der Waals surface area contributed by atoms with E-state index in [1.807, 2.05) is 27.7 Å². The summed E-state index contributed by atoms with van der Waals surface area (Å²) in [4.78, 5) is 16.0. The van der Waals surface area contributed by atoms with Gasteiger partial charge in [0, 0.05) is 11.8 Å². The van der Waals surface area contributed by atoms with Crippen molar-refractivity contribution >= 4 is 29.1 Å². The quantitative estimate of drug-likeness (QED) is 0.764. The molecule has 0 aliphatic heterocycles. The lowest BCUT2D eigenvalue weighted by molar-refractivity contribution is -0.123. The fourth-order valence-electron chi connectivity index (χ4n) is 0.784. The zero-order valence-corrected chi connectivity index (χ0v) is 11.2. The number of nitrogens with zero attached hydrogens (tertiary/aromatic N) is 2. The summed E-state index contributed by atoms with van der Waals surface area (Å²) >= 11 is 2.86. The van der Waals surface area contributed by atoms with Gasteiger partial charge < -0.3 is 0 Å². The Morgan fingerprint density at radius 2 is 2.13 bits per heavy atom. The van der Waals surface area contributed by atoms with Gasteiger partial charge in [0.1, 0.15) is 11.6 Å². The summed E-state index contributed by atoms with van der Waals surface area (Å²) in [6, 6.07) is 0. The van der Waals surface area contributed by atoms with Gasteiger partial charge in [-0.3, -0.25) is 4.79 Å². The van der Waals surface area contributed by atoms with Crippen LogP contribution in [0, 0.1) is 5.41 Å². The Balaban J connectivity index is 2.47. The molecular formula is C10H16N2OS2. The molecule has 0 amide bonds. The highest BCUT2D eigenvalue weighted by Gasteiger charge is 2.21. The van der Waals surface area contributed by atoms with Crippen molar-refractivity contribution in [3.8, 4) is 0 Å². The molecule has 15 heavy (non-hydrogen) atoms. The Labute approximate surface area is 98.9 Å². The van der Waals surface area contributed by atoms with Gasteiger partial charge in [0.2, 0.25) is 0 Å². The first kappa shape index (κ1) is 12.6. The molecule has 0 saturated carbocycles. The smallest absolute Gasteiger partial charge is 0.170 e. The highest BCUT2D eigenvalue weighted by Crippen LogP contribution is 2.24. The van der Waals surface area contributed by atoms with E-state index in [0.29, 0.717) is 5.75 Å². The van der Waals surface area contributed by atoms with Crippen LogP contribution in [0.25, 0.3) is 0 Å². The second kappa shape index (κ2) is 5.07. The number of ketones is 1. The zero-order valence-electron chi connectivity index (χ0n) is 9.53. The molecule has 0 saturated heterocycles. The van der Waals surface area contributed by atoms with E-state index in [2.05, 4.69) is 9.36 Å². The van der Waals surface area contributed by atoms with Crippen LogP contribution in [-0.4, -0.2) is 20.9 Å². The third-order valence-electron chi connectivity index (χ3n) is 1.93. The second-order valence-corrected chi connectivity index (χ2v) is 6.27. The summed E-state index contributed by atoms with van der Waals surface area (Å²) in [6.45, 7) is 7.84. The summed E-state index contributed by atoms with van der Waals surface area (Å²) in [5.41, 5.74) is -0.259. The lowest BCUT2D eigenvalue weighted by atomic mass is 9.92. The van der Waals surface area contributed by atoms with Gasteiger partial charge in [0.15, 0.2) is 4.34 Å². The number of aromatic nitrogens is 2. The van der Waals surface area contributed by atoms with Crippen molar-refractivity contribution in [3.63, 3.8) is 0 Å². The molecule has 84 valence electrons. The Morgan fingerprint density at radius 3 is 2.60 bits per heavy atom. The van der Waals surface area contributed by atoms with Crippen LogP contribution in [0.2, 0.25) is 0 Å². The average Bonchev–Trinajstić information content (AvgIpc) is 2.60. The fourth-order valence-corrected chi connectivity index (χ4v) is 2.64. The van der Waals surface area contributed by atoms with Gasteiger partial charge in [-0.1, -0.05) is 39.5 Å². The van der Waals surface area contributed by atoms with Gasteiger partial charge in [-0.25, -0.2) is 4.98 Å². The molecule has 0 N–H and O–H groups in total. The highest BCUT2D eigenvalue weighted by atomic mass is 32.2. The molecule has 0 aromatic carbocycles. The van der Waals surface area contributed by atoms with Crippen LogP contribution in [0.5, 0.6) is 0 Å². The van der Waals surface area contributed by atoms with E-state index in [1.165, 1.54) is 23.3 Å². The van der Waals surface area contributed by atoms with Crippen molar-refractivity contribution in [1.82, 2.24) is 9.36 Å². The highest BCUT2D eigenvalue weighted by molar-refractivity contribution is 8.01. The summed E-state index contributed by atoms with van der Waals surface area (Å²) < 4.78 is 5.07. The maximum Gasteiger partial charge on any atom is 0.170 e. The standard InChI is InChI=1S/C10H16N2OS2/c1-5-8-11-9(15-12-8)14-6-7(13)10(2,3)4/h5-6H2,1-4H3. The largest absolute Gasteiger partial charge is 0.298 e. The minimum Gasteiger partial charge on any atom is -0.298 e. The molecule has 0 unspecified atom stereocenters. The molecule has 1 rings (SSSR count). The minimum absolute atomic E-state index is 0.251. The van der Waals surface area contributed by atoms with E-state index in [-0.39, 0.29) is 11.2 Å².